The summed E-state index contributed by atoms with van der Waals surface area (Å²) in [7, 11) is 0. The predicted octanol–water partition coefficient (Wildman–Crippen LogP) is 17.5. The zero-order chi connectivity index (χ0) is 45.3. The molecule has 4 heteroatoms. The van der Waals surface area contributed by atoms with E-state index < -0.39 is 0 Å². The molecule has 17 rings (SSSR count). The van der Waals surface area contributed by atoms with E-state index in [4.69, 9.17) is 0 Å². The van der Waals surface area contributed by atoms with Crippen LogP contribution < -0.4 is 0 Å². The van der Waals surface area contributed by atoms with Crippen LogP contribution in [0.2, 0.25) is 0 Å². The Kier molecular flexibility index (Phi) is 6.92. The van der Waals surface area contributed by atoms with Gasteiger partial charge in [0, 0.05) is 75.8 Å². The SMILES string of the molecule is c1ccc(-c2ccccc2-n2c3ccccc3c3c4c5cc6c7c8c9ccccc9n(-c9ccccc9-c9ccccc9)c8cc8c9ccccc9n(c6cc5n5c6ccccc6c(cc32)c45)c87)cc1. The topological polar surface area (TPSA) is 18.7 Å². The molecule has 0 fully saturated rings. The second kappa shape index (κ2) is 13.2. The fraction of sp³-hybridized carbons (Fsp3) is 0. The minimum atomic E-state index is 1.17. The van der Waals surface area contributed by atoms with Crippen LogP contribution in [0.5, 0.6) is 0 Å². The van der Waals surface area contributed by atoms with Gasteiger partial charge in [0.25, 0.3) is 0 Å². The lowest BCUT2D eigenvalue weighted by molar-refractivity contribution is 1.18. The molecule has 6 aromatic heterocycles. The highest BCUT2D eigenvalue weighted by Crippen LogP contribution is 2.52. The number of nitrogens with zero attached hydrogens (tertiary/aromatic N) is 4. The molecule has 6 heterocycles. The Hall–Kier alpha value is -9.38. The third-order valence-electron chi connectivity index (χ3n) is 15.8. The normalized spacial score (nSPS) is 12.6. The third-order valence-corrected chi connectivity index (χ3v) is 15.8. The highest BCUT2D eigenvalue weighted by molar-refractivity contribution is 6.40. The van der Waals surface area contributed by atoms with Crippen LogP contribution in [-0.2, 0) is 0 Å². The Bertz CT molecular complexity index is 4730. The van der Waals surface area contributed by atoms with Crippen molar-refractivity contribution >= 4 is 120 Å². The molecule has 11 aromatic carbocycles. The molecule has 0 atom stereocenters. The molecular weight excluding hydrogens is 849 g/mol. The van der Waals surface area contributed by atoms with Gasteiger partial charge in [0.05, 0.1) is 66.5 Å². The van der Waals surface area contributed by atoms with E-state index in [-0.39, 0.29) is 0 Å². The first-order chi connectivity index (χ1) is 34.8. The van der Waals surface area contributed by atoms with Crippen LogP contribution >= 0.6 is 0 Å². The highest BCUT2D eigenvalue weighted by Gasteiger charge is 2.29. The summed E-state index contributed by atoms with van der Waals surface area (Å²) in [6.07, 6.45) is 0. The minimum absolute atomic E-state index is 1.17. The first-order valence-electron chi connectivity index (χ1n) is 24.3. The first-order valence-corrected chi connectivity index (χ1v) is 24.3. The highest BCUT2D eigenvalue weighted by atomic mass is 15.0. The summed E-state index contributed by atoms with van der Waals surface area (Å²) in [5.41, 5.74) is 19.5. The molecule has 4 nitrogen and oxygen atoms in total. The zero-order valence-electron chi connectivity index (χ0n) is 37.7. The summed E-state index contributed by atoms with van der Waals surface area (Å²) >= 11 is 0. The van der Waals surface area contributed by atoms with E-state index in [9.17, 15) is 0 Å². The number of rotatable bonds is 4. The maximum absolute atomic E-state index is 2.58. The Morgan fingerprint density at radius 3 is 1.04 bits per heavy atom. The lowest BCUT2D eigenvalue weighted by Crippen LogP contribution is -1.97. The molecule has 0 bridgehead atoms. The Labute approximate surface area is 400 Å². The molecule has 0 unspecified atom stereocenters. The monoisotopic (exact) mass is 886 g/mol. The van der Waals surface area contributed by atoms with E-state index in [1.54, 1.807) is 0 Å². The van der Waals surface area contributed by atoms with Crippen molar-refractivity contribution in [3.8, 4) is 33.6 Å². The summed E-state index contributed by atoms with van der Waals surface area (Å²) in [6.45, 7) is 0. The fourth-order valence-corrected chi connectivity index (χ4v) is 13.1. The molecule has 0 saturated heterocycles. The molecule has 70 heavy (non-hydrogen) atoms. The molecule has 0 saturated carbocycles. The molecule has 322 valence electrons. The number of hydrogen-bond acceptors (Lipinski definition) is 0. The van der Waals surface area contributed by atoms with Crippen LogP contribution in [0.15, 0.2) is 231 Å². The van der Waals surface area contributed by atoms with Crippen molar-refractivity contribution in [3.05, 3.63) is 231 Å². The van der Waals surface area contributed by atoms with Gasteiger partial charge in [-0.25, -0.2) is 0 Å². The van der Waals surface area contributed by atoms with Crippen molar-refractivity contribution < 1.29 is 0 Å². The van der Waals surface area contributed by atoms with Crippen LogP contribution in [0.3, 0.4) is 0 Å². The molecule has 0 aliphatic heterocycles. The Morgan fingerprint density at radius 2 is 0.586 bits per heavy atom. The van der Waals surface area contributed by atoms with Crippen LogP contribution in [0, 0.1) is 0 Å². The molecule has 0 amide bonds. The van der Waals surface area contributed by atoms with Gasteiger partial charge in [-0.15, -0.1) is 0 Å². The third kappa shape index (κ3) is 4.47. The minimum Gasteiger partial charge on any atom is -0.309 e. The number of para-hydroxylation sites is 6. The average Bonchev–Trinajstić information content (AvgIpc) is 4.26. The second-order valence-corrected chi connectivity index (χ2v) is 19.1. The van der Waals surface area contributed by atoms with Gasteiger partial charge in [-0.2, -0.15) is 0 Å². The van der Waals surface area contributed by atoms with Crippen LogP contribution in [-0.4, -0.2) is 17.9 Å². The standard InChI is InChI=1S/C66H38N4/c1-3-19-39(20-4-1)41-23-7-13-29-51(41)67-55-33-17-11-27-45(55)61-59(67)36-47-43-25-9-15-31-53(43)69-57-38-58-50(35-49(57)63(61)65(47)69)64-62-46-28-12-18-34-56(46)68(52-30-14-8-24-42(52)40-21-5-2-6-22-40)60(62)37-48-44-26-10-16-32-54(44)70(58)66(48)64/h1-38H. The Balaban J connectivity index is 1.09. The first kappa shape index (κ1) is 36.7. The lowest BCUT2D eigenvalue weighted by Gasteiger charge is -2.14. The molecule has 0 aliphatic carbocycles. The van der Waals surface area contributed by atoms with E-state index in [1.165, 1.54) is 153 Å². The van der Waals surface area contributed by atoms with Crippen molar-refractivity contribution in [2.45, 2.75) is 0 Å². The van der Waals surface area contributed by atoms with Crippen LogP contribution in [0.1, 0.15) is 0 Å². The molecular formula is C66H38N4. The summed E-state index contributed by atoms with van der Waals surface area (Å²) in [5.74, 6) is 0. The molecule has 0 spiro atoms. The summed E-state index contributed by atoms with van der Waals surface area (Å²) in [6, 6.07) is 85.7. The van der Waals surface area contributed by atoms with Crippen molar-refractivity contribution in [2.75, 3.05) is 0 Å². The van der Waals surface area contributed by atoms with E-state index in [1.807, 2.05) is 0 Å². The molecule has 0 aliphatic rings. The van der Waals surface area contributed by atoms with Gasteiger partial charge in [-0.3, -0.25) is 0 Å². The number of benzene rings is 11. The molecule has 0 radical (unpaired) electrons. The van der Waals surface area contributed by atoms with Crippen molar-refractivity contribution in [3.63, 3.8) is 0 Å². The van der Waals surface area contributed by atoms with Gasteiger partial charge in [0.1, 0.15) is 0 Å². The fourth-order valence-electron chi connectivity index (χ4n) is 13.1. The van der Waals surface area contributed by atoms with Gasteiger partial charge in [0.2, 0.25) is 0 Å². The number of fused-ring (bicyclic) bond motifs is 20. The molecule has 0 N–H and O–H groups in total. The van der Waals surface area contributed by atoms with Gasteiger partial charge in [0.15, 0.2) is 0 Å². The second-order valence-electron chi connectivity index (χ2n) is 19.1. The average molecular weight is 887 g/mol. The van der Waals surface area contributed by atoms with E-state index >= 15 is 0 Å². The summed E-state index contributed by atoms with van der Waals surface area (Å²) in [4.78, 5) is 0. The lowest BCUT2D eigenvalue weighted by atomic mass is 9.99. The van der Waals surface area contributed by atoms with Crippen molar-refractivity contribution in [2.24, 2.45) is 0 Å². The van der Waals surface area contributed by atoms with E-state index in [0.29, 0.717) is 0 Å². The predicted molar refractivity (Wildman–Crippen MR) is 295 cm³/mol. The van der Waals surface area contributed by atoms with Crippen LogP contribution in [0.4, 0.5) is 0 Å². The van der Waals surface area contributed by atoms with Crippen molar-refractivity contribution in [1.82, 2.24) is 17.9 Å². The van der Waals surface area contributed by atoms with Crippen molar-refractivity contribution in [1.29, 1.82) is 0 Å². The van der Waals surface area contributed by atoms with Crippen LogP contribution in [0.25, 0.3) is 153 Å². The number of hydrogen-bond donors (Lipinski definition) is 0. The van der Waals surface area contributed by atoms with Gasteiger partial charge < -0.3 is 17.9 Å². The van der Waals surface area contributed by atoms with Gasteiger partial charge >= 0.3 is 0 Å². The maximum atomic E-state index is 2.58. The largest absolute Gasteiger partial charge is 0.309 e. The quantitative estimate of drug-likeness (QED) is 0.168. The van der Waals surface area contributed by atoms with Gasteiger partial charge in [-0.1, -0.05) is 170 Å². The van der Waals surface area contributed by atoms with E-state index in [2.05, 4.69) is 248 Å². The summed E-state index contributed by atoms with van der Waals surface area (Å²) in [5, 5.41) is 15.3. The zero-order valence-corrected chi connectivity index (χ0v) is 37.7. The number of aromatic nitrogens is 4. The summed E-state index contributed by atoms with van der Waals surface area (Å²) < 4.78 is 10.2. The maximum Gasteiger partial charge on any atom is 0.0628 e. The molecule has 17 aromatic rings. The van der Waals surface area contributed by atoms with Gasteiger partial charge in [-0.05, 0) is 71.8 Å². The Morgan fingerprint density at radius 1 is 0.214 bits per heavy atom. The smallest absolute Gasteiger partial charge is 0.0628 e. The van der Waals surface area contributed by atoms with E-state index in [0.717, 1.165) is 0 Å².